The Bertz CT molecular complexity index is 285. The average Bonchev–Trinajstić information content (AvgIpc) is 2.19. The molecule has 2 nitrogen and oxygen atoms in total. The first-order valence-electron chi connectivity index (χ1n) is 4.51. The summed E-state index contributed by atoms with van der Waals surface area (Å²) in [6.07, 6.45) is 0.282. The van der Waals surface area contributed by atoms with Crippen molar-refractivity contribution in [2.24, 2.45) is 0 Å². The summed E-state index contributed by atoms with van der Waals surface area (Å²) in [5, 5.41) is 0.674. The minimum absolute atomic E-state index is 0.0637. The van der Waals surface area contributed by atoms with Crippen LogP contribution >= 0.6 is 15.9 Å². The number of rotatable bonds is 4. The molecule has 3 heteroatoms. The fraction of sp³-hybridized carbons (Fsp3) is 0.364. The second-order valence-electron chi connectivity index (χ2n) is 3.12. The van der Waals surface area contributed by atoms with Crippen LogP contribution in [0.5, 0.6) is 0 Å². The predicted octanol–water partition coefficient (Wildman–Crippen LogP) is 2.56. The van der Waals surface area contributed by atoms with Crippen LogP contribution in [0, 0.1) is 0 Å². The van der Waals surface area contributed by atoms with Gasteiger partial charge in [-0.2, -0.15) is 0 Å². The highest BCUT2D eigenvalue weighted by atomic mass is 79.9. The maximum absolute atomic E-state index is 11.3. The Labute approximate surface area is 92.4 Å². The summed E-state index contributed by atoms with van der Waals surface area (Å²) in [7, 11) is 0. The zero-order valence-electron chi connectivity index (χ0n) is 8.07. The van der Waals surface area contributed by atoms with Gasteiger partial charge in [-0.1, -0.05) is 46.3 Å². The van der Waals surface area contributed by atoms with Crippen LogP contribution in [0.3, 0.4) is 0 Å². The molecule has 0 saturated carbocycles. The summed E-state index contributed by atoms with van der Waals surface area (Å²) >= 11 is 3.25. The van der Waals surface area contributed by atoms with E-state index in [0.717, 1.165) is 5.56 Å². The van der Waals surface area contributed by atoms with E-state index in [0.29, 0.717) is 11.8 Å². The standard InChI is InChI=1S/C11H13BrO2/c1-9(8-12)14-11(13)7-10-5-3-2-4-6-10/h2-6,9H,7-8H2,1H3. The number of esters is 1. The molecule has 0 aliphatic carbocycles. The highest BCUT2D eigenvalue weighted by molar-refractivity contribution is 9.09. The molecule has 0 fully saturated rings. The molecule has 1 aromatic rings. The first-order valence-corrected chi connectivity index (χ1v) is 5.64. The van der Waals surface area contributed by atoms with Crippen LogP contribution in [-0.2, 0) is 16.0 Å². The smallest absolute Gasteiger partial charge is 0.310 e. The summed E-state index contributed by atoms with van der Waals surface area (Å²) < 4.78 is 5.12. The molecule has 14 heavy (non-hydrogen) atoms. The maximum atomic E-state index is 11.3. The molecule has 1 unspecified atom stereocenters. The second-order valence-corrected chi connectivity index (χ2v) is 3.76. The van der Waals surface area contributed by atoms with Crippen molar-refractivity contribution in [2.75, 3.05) is 5.33 Å². The lowest BCUT2D eigenvalue weighted by atomic mass is 10.2. The predicted molar refractivity (Wildman–Crippen MR) is 59.5 cm³/mol. The van der Waals surface area contributed by atoms with Gasteiger partial charge in [0.05, 0.1) is 6.42 Å². The van der Waals surface area contributed by atoms with Gasteiger partial charge < -0.3 is 4.74 Å². The molecule has 0 aliphatic rings. The maximum Gasteiger partial charge on any atom is 0.310 e. The van der Waals surface area contributed by atoms with Gasteiger partial charge >= 0.3 is 5.97 Å². The summed E-state index contributed by atoms with van der Waals surface area (Å²) in [4.78, 5) is 11.3. The van der Waals surface area contributed by atoms with Gasteiger partial charge in [0, 0.05) is 5.33 Å². The van der Waals surface area contributed by atoms with Crippen molar-refractivity contribution >= 4 is 21.9 Å². The van der Waals surface area contributed by atoms with Crippen LogP contribution in [0.25, 0.3) is 0 Å². The van der Waals surface area contributed by atoms with Crippen molar-refractivity contribution < 1.29 is 9.53 Å². The lowest BCUT2D eigenvalue weighted by Crippen LogP contribution is -2.17. The Hall–Kier alpha value is -0.830. The molecule has 0 N–H and O–H groups in total. The highest BCUT2D eigenvalue weighted by Crippen LogP contribution is 2.03. The van der Waals surface area contributed by atoms with E-state index in [1.54, 1.807) is 0 Å². The molecule has 1 atom stereocenters. The molecule has 0 bridgehead atoms. The van der Waals surface area contributed by atoms with Crippen LogP contribution in [-0.4, -0.2) is 17.4 Å². The van der Waals surface area contributed by atoms with E-state index in [-0.39, 0.29) is 12.1 Å². The van der Waals surface area contributed by atoms with Gasteiger partial charge in [-0.15, -0.1) is 0 Å². The number of halogens is 1. The molecular formula is C11H13BrO2. The molecule has 76 valence electrons. The van der Waals surface area contributed by atoms with E-state index in [2.05, 4.69) is 15.9 Å². The normalized spacial score (nSPS) is 12.1. The van der Waals surface area contributed by atoms with E-state index >= 15 is 0 Å². The van der Waals surface area contributed by atoms with Crippen LogP contribution in [0.15, 0.2) is 30.3 Å². The third-order valence-electron chi connectivity index (χ3n) is 1.74. The summed E-state index contributed by atoms with van der Waals surface area (Å²) in [5.41, 5.74) is 0.985. The Morgan fingerprint density at radius 2 is 2.07 bits per heavy atom. The van der Waals surface area contributed by atoms with Crippen molar-refractivity contribution in [2.45, 2.75) is 19.4 Å². The molecule has 1 rings (SSSR count). The molecular weight excluding hydrogens is 244 g/mol. The monoisotopic (exact) mass is 256 g/mol. The molecule has 0 spiro atoms. The molecule has 0 saturated heterocycles. The van der Waals surface area contributed by atoms with Crippen molar-refractivity contribution in [3.63, 3.8) is 0 Å². The molecule has 0 amide bonds. The van der Waals surface area contributed by atoms with E-state index in [1.807, 2.05) is 37.3 Å². The van der Waals surface area contributed by atoms with E-state index in [9.17, 15) is 4.79 Å². The molecule has 1 aromatic carbocycles. The van der Waals surface area contributed by atoms with Crippen LogP contribution < -0.4 is 0 Å². The zero-order valence-corrected chi connectivity index (χ0v) is 9.66. The molecule has 0 aliphatic heterocycles. The highest BCUT2D eigenvalue weighted by Gasteiger charge is 2.08. The summed E-state index contributed by atoms with van der Waals surface area (Å²) in [5.74, 6) is -0.178. The van der Waals surface area contributed by atoms with Gasteiger partial charge in [0.25, 0.3) is 0 Å². The number of hydrogen-bond acceptors (Lipinski definition) is 2. The quantitative estimate of drug-likeness (QED) is 0.612. The fourth-order valence-corrected chi connectivity index (χ4v) is 1.19. The van der Waals surface area contributed by atoms with Gasteiger partial charge in [-0.25, -0.2) is 0 Å². The van der Waals surface area contributed by atoms with E-state index < -0.39 is 0 Å². The van der Waals surface area contributed by atoms with Crippen LogP contribution in [0.2, 0.25) is 0 Å². The zero-order chi connectivity index (χ0) is 10.4. The molecule has 0 aromatic heterocycles. The van der Waals surface area contributed by atoms with Crippen LogP contribution in [0.1, 0.15) is 12.5 Å². The number of hydrogen-bond donors (Lipinski definition) is 0. The first-order chi connectivity index (χ1) is 6.72. The minimum atomic E-state index is -0.178. The number of alkyl halides is 1. The van der Waals surface area contributed by atoms with E-state index in [4.69, 9.17) is 4.74 Å². The minimum Gasteiger partial charge on any atom is -0.462 e. The lowest BCUT2D eigenvalue weighted by molar-refractivity contribution is -0.146. The van der Waals surface area contributed by atoms with Gasteiger partial charge in [-0.3, -0.25) is 4.79 Å². The Morgan fingerprint density at radius 1 is 1.43 bits per heavy atom. The number of ether oxygens (including phenoxy) is 1. The van der Waals surface area contributed by atoms with E-state index in [1.165, 1.54) is 0 Å². The van der Waals surface area contributed by atoms with Gasteiger partial charge in [-0.05, 0) is 12.5 Å². The van der Waals surface area contributed by atoms with Crippen molar-refractivity contribution in [3.05, 3.63) is 35.9 Å². The fourth-order valence-electron chi connectivity index (χ4n) is 1.06. The number of carbonyl (C=O) groups is 1. The number of carbonyl (C=O) groups excluding carboxylic acids is 1. The van der Waals surface area contributed by atoms with Crippen LogP contribution in [0.4, 0.5) is 0 Å². The number of benzene rings is 1. The van der Waals surface area contributed by atoms with Gasteiger partial charge in [0.15, 0.2) is 0 Å². The topological polar surface area (TPSA) is 26.3 Å². The van der Waals surface area contributed by atoms with Gasteiger partial charge in [0.1, 0.15) is 6.10 Å². The third-order valence-corrected chi connectivity index (χ3v) is 2.65. The average molecular weight is 257 g/mol. The lowest BCUT2D eigenvalue weighted by Gasteiger charge is -2.09. The Kier molecular flexibility index (Phi) is 4.66. The first kappa shape index (κ1) is 11.2. The van der Waals surface area contributed by atoms with Crippen molar-refractivity contribution in [3.8, 4) is 0 Å². The van der Waals surface area contributed by atoms with Crippen molar-refractivity contribution in [1.29, 1.82) is 0 Å². The summed E-state index contributed by atoms with van der Waals surface area (Å²) in [6, 6.07) is 9.59. The molecule has 0 heterocycles. The van der Waals surface area contributed by atoms with Crippen molar-refractivity contribution in [1.82, 2.24) is 0 Å². The second kappa shape index (κ2) is 5.81. The third kappa shape index (κ3) is 3.92. The largest absolute Gasteiger partial charge is 0.462 e. The Balaban J connectivity index is 2.42. The Morgan fingerprint density at radius 3 is 2.64 bits per heavy atom. The SMILES string of the molecule is CC(CBr)OC(=O)Cc1ccccc1. The molecule has 0 radical (unpaired) electrons. The van der Waals surface area contributed by atoms with Gasteiger partial charge in [0.2, 0.25) is 0 Å². The summed E-state index contributed by atoms with van der Waals surface area (Å²) in [6.45, 7) is 1.86.